The lowest BCUT2D eigenvalue weighted by atomic mass is 10.1. The van der Waals surface area contributed by atoms with Gasteiger partial charge >= 0.3 is 0 Å². The van der Waals surface area contributed by atoms with E-state index in [1.807, 2.05) is 0 Å². The van der Waals surface area contributed by atoms with Crippen molar-refractivity contribution in [2.45, 2.75) is 6.42 Å². The maximum Gasteiger partial charge on any atom is 0.230 e. The number of hydrogen-bond acceptors (Lipinski definition) is 2. The first-order chi connectivity index (χ1) is 6.59. The predicted octanol–water partition coefficient (Wildman–Crippen LogP) is 0.728. The summed E-state index contributed by atoms with van der Waals surface area (Å²) in [5.41, 5.74) is 5.41. The molecule has 1 amide bonds. The molecule has 1 aromatic carbocycles. The fraction of sp³-hybridized carbons (Fsp3) is 0.111. The van der Waals surface area contributed by atoms with Gasteiger partial charge in [-0.3, -0.25) is 4.79 Å². The van der Waals surface area contributed by atoms with Gasteiger partial charge < -0.3 is 11.1 Å². The van der Waals surface area contributed by atoms with Gasteiger partial charge in [-0.1, -0.05) is 18.2 Å². The molecule has 0 atom stereocenters. The molecule has 0 radical (unpaired) electrons. The number of halogens is 1. The summed E-state index contributed by atoms with van der Waals surface area (Å²) in [6, 6.07) is 6.05. The third-order valence-corrected chi connectivity index (χ3v) is 1.67. The van der Waals surface area contributed by atoms with Gasteiger partial charge in [0.25, 0.3) is 0 Å². The number of thiocarbonyl (C=S) groups is 1. The van der Waals surface area contributed by atoms with Crippen molar-refractivity contribution < 1.29 is 9.18 Å². The standard InChI is InChI=1S/C9H9FN2OS/c10-7-4-2-1-3-6(7)5-8(13)12-9(11)14/h1-4H,5H2,(H3,11,12,13,14). The molecule has 74 valence electrons. The second-order valence-corrected chi connectivity index (χ2v) is 3.12. The topological polar surface area (TPSA) is 55.1 Å². The van der Waals surface area contributed by atoms with Gasteiger partial charge in [-0.2, -0.15) is 0 Å². The zero-order valence-corrected chi connectivity index (χ0v) is 8.10. The zero-order valence-electron chi connectivity index (χ0n) is 7.29. The van der Waals surface area contributed by atoms with E-state index >= 15 is 0 Å². The van der Waals surface area contributed by atoms with Crippen molar-refractivity contribution in [2.24, 2.45) is 5.73 Å². The molecular weight excluding hydrogens is 203 g/mol. The average molecular weight is 212 g/mol. The van der Waals surface area contributed by atoms with E-state index in [1.54, 1.807) is 12.1 Å². The average Bonchev–Trinajstić information content (AvgIpc) is 2.07. The smallest absolute Gasteiger partial charge is 0.230 e. The van der Waals surface area contributed by atoms with Crippen molar-refractivity contribution in [3.63, 3.8) is 0 Å². The normalized spacial score (nSPS) is 9.50. The number of benzene rings is 1. The molecule has 0 aliphatic heterocycles. The first kappa shape index (κ1) is 10.6. The Labute approximate surface area is 86.1 Å². The van der Waals surface area contributed by atoms with Gasteiger partial charge in [0.05, 0.1) is 6.42 Å². The summed E-state index contributed by atoms with van der Waals surface area (Å²) in [6.45, 7) is 0. The second kappa shape index (κ2) is 4.66. The number of nitrogens with one attached hydrogen (secondary N) is 1. The van der Waals surface area contributed by atoms with Gasteiger partial charge in [0.1, 0.15) is 5.82 Å². The van der Waals surface area contributed by atoms with Gasteiger partial charge in [-0.15, -0.1) is 0 Å². The number of nitrogens with two attached hydrogens (primary N) is 1. The Morgan fingerprint density at radius 1 is 1.50 bits per heavy atom. The van der Waals surface area contributed by atoms with Gasteiger partial charge in [-0.25, -0.2) is 4.39 Å². The molecule has 1 aromatic rings. The molecule has 0 spiro atoms. The van der Waals surface area contributed by atoms with E-state index in [0.29, 0.717) is 5.56 Å². The van der Waals surface area contributed by atoms with E-state index in [1.165, 1.54) is 12.1 Å². The molecular formula is C9H9FN2OS. The summed E-state index contributed by atoms with van der Waals surface area (Å²) in [6.07, 6.45) is -0.0655. The quantitative estimate of drug-likeness (QED) is 0.710. The molecule has 1 rings (SSSR count). The van der Waals surface area contributed by atoms with E-state index in [-0.39, 0.29) is 11.5 Å². The van der Waals surface area contributed by atoms with Crippen LogP contribution in [-0.4, -0.2) is 11.0 Å². The lowest BCUT2D eigenvalue weighted by Crippen LogP contribution is -2.35. The SMILES string of the molecule is NC(=S)NC(=O)Cc1ccccc1F. The first-order valence-electron chi connectivity index (χ1n) is 3.92. The maximum atomic E-state index is 13.0. The first-order valence-corrected chi connectivity index (χ1v) is 4.33. The van der Waals surface area contributed by atoms with Crippen LogP contribution in [0.4, 0.5) is 4.39 Å². The molecule has 0 bridgehead atoms. The van der Waals surface area contributed by atoms with Crippen LogP contribution in [0.3, 0.4) is 0 Å². The van der Waals surface area contributed by atoms with Crippen LogP contribution in [0.5, 0.6) is 0 Å². The van der Waals surface area contributed by atoms with Crippen molar-refractivity contribution in [3.8, 4) is 0 Å². The summed E-state index contributed by atoms with van der Waals surface area (Å²) >= 11 is 4.47. The number of hydrogen-bond donors (Lipinski definition) is 2. The summed E-state index contributed by atoms with van der Waals surface area (Å²) < 4.78 is 13.0. The van der Waals surface area contributed by atoms with E-state index < -0.39 is 11.7 Å². The van der Waals surface area contributed by atoms with Crippen LogP contribution < -0.4 is 11.1 Å². The maximum absolute atomic E-state index is 13.0. The van der Waals surface area contributed by atoms with Crippen LogP contribution in [0.2, 0.25) is 0 Å². The van der Waals surface area contributed by atoms with E-state index in [2.05, 4.69) is 17.5 Å². The molecule has 3 nitrogen and oxygen atoms in total. The monoisotopic (exact) mass is 212 g/mol. The van der Waals surface area contributed by atoms with Crippen LogP contribution in [-0.2, 0) is 11.2 Å². The molecule has 0 fully saturated rings. The number of amides is 1. The minimum absolute atomic E-state index is 0.0655. The van der Waals surface area contributed by atoms with E-state index in [4.69, 9.17) is 5.73 Å². The lowest BCUT2D eigenvalue weighted by Gasteiger charge is -2.03. The molecule has 14 heavy (non-hydrogen) atoms. The Morgan fingerprint density at radius 2 is 2.14 bits per heavy atom. The third-order valence-electron chi connectivity index (χ3n) is 1.57. The third kappa shape index (κ3) is 3.10. The predicted molar refractivity (Wildman–Crippen MR) is 55.0 cm³/mol. The number of carbonyl (C=O) groups is 1. The Hall–Kier alpha value is -1.49. The van der Waals surface area contributed by atoms with Crippen LogP contribution in [0, 0.1) is 5.82 Å². The minimum Gasteiger partial charge on any atom is -0.376 e. The highest BCUT2D eigenvalue weighted by molar-refractivity contribution is 7.80. The summed E-state index contributed by atoms with van der Waals surface area (Å²) in [5, 5.41) is 2.12. The highest BCUT2D eigenvalue weighted by atomic mass is 32.1. The largest absolute Gasteiger partial charge is 0.376 e. The fourth-order valence-corrected chi connectivity index (χ4v) is 1.11. The number of carbonyl (C=O) groups excluding carboxylic acids is 1. The Balaban J connectivity index is 2.65. The van der Waals surface area contributed by atoms with Gasteiger partial charge in [0.15, 0.2) is 5.11 Å². The highest BCUT2D eigenvalue weighted by Gasteiger charge is 2.07. The van der Waals surface area contributed by atoms with Crippen molar-refractivity contribution in [3.05, 3.63) is 35.6 Å². The van der Waals surface area contributed by atoms with Crippen molar-refractivity contribution in [2.75, 3.05) is 0 Å². The minimum atomic E-state index is -0.414. The van der Waals surface area contributed by atoms with Crippen LogP contribution in [0.25, 0.3) is 0 Å². The van der Waals surface area contributed by atoms with Crippen LogP contribution in [0.15, 0.2) is 24.3 Å². The molecule has 0 aliphatic carbocycles. The van der Waals surface area contributed by atoms with Crippen molar-refractivity contribution >= 4 is 23.2 Å². The lowest BCUT2D eigenvalue weighted by molar-refractivity contribution is -0.119. The summed E-state index contributed by atoms with van der Waals surface area (Å²) in [7, 11) is 0. The zero-order chi connectivity index (χ0) is 10.6. The molecule has 0 aliphatic rings. The van der Waals surface area contributed by atoms with Crippen molar-refractivity contribution in [1.82, 2.24) is 5.32 Å². The fourth-order valence-electron chi connectivity index (χ4n) is 0.996. The molecule has 0 saturated heterocycles. The second-order valence-electron chi connectivity index (χ2n) is 2.68. The molecule has 0 aromatic heterocycles. The molecule has 0 heterocycles. The molecule has 5 heteroatoms. The van der Waals surface area contributed by atoms with Crippen LogP contribution in [0.1, 0.15) is 5.56 Å². The van der Waals surface area contributed by atoms with E-state index in [0.717, 1.165) is 0 Å². The molecule has 0 saturated carbocycles. The van der Waals surface area contributed by atoms with Gasteiger partial charge in [-0.05, 0) is 23.8 Å². The Bertz CT molecular complexity index is 368. The van der Waals surface area contributed by atoms with Gasteiger partial charge in [0, 0.05) is 0 Å². The Kier molecular flexibility index (Phi) is 3.53. The van der Waals surface area contributed by atoms with E-state index in [9.17, 15) is 9.18 Å². The van der Waals surface area contributed by atoms with Crippen molar-refractivity contribution in [1.29, 1.82) is 0 Å². The molecule has 3 N–H and O–H groups in total. The highest BCUT2D eigenvalue weighted by Crippen LogP contribution is 2.06. The Morgan fingerprint density at radius 3 is 2.71 bits per heavy atom. The number of rotatable bonds is 2. The summed E-state index contributed by atoms with van der Waals surface area (Å²) in [4.78, 5) is 11.1. The summed E-state index contributed by atoms with van der Waals surface area (Å²) in [5.74, 6) is -0.826. The van der Waals surface area contributed by atoms with Gasteiger partial charge in [0.2, 0.25) is 5.91 Å². The van der Waals surface area contributed by atoms with Crippen LogP contribution >= 0.6 is 12.2 Å². The molecule has 0 unspecified atom stereocenters.